The fourth-order valence-electron chi connectivity index (χ4n) is 7.50. The highest BCUT2D eigenvalue weighted by atomic mass is 32.2. The average Bonchev–Trinajstić information content (AvgIpc) is 4.07. The number of benzene rings is 2. The summed E-state index contributed by atoms with van der Waals surface area (Å²) in [5, 5.41) is 6.22. The smallest absolute Gasteiger partial charge is 0.408 e. The number of hydrogen-bond acceptors (Lipinski definition) is 11. The molecule has 1 unspecified atom stereocenters. The van der Waals surface area contributed by atoms with Crippen LogP contribution >= 0.6 is 0 Å². The topological polar surface area (TPSA) is 192 Å². The fraction of sp³-hybridized carbons (Fsp3) is 0.512. The molecule has 0 spiro atoms. The standard InChI is InChI=1S/C43H55N5O10S/c1-10-27-23-43(27,38(51)47-59(53,54)42(18-19-42)25-55-8)46-36(49)33-21-29(24-48(33)37(50)35(40(2,3)4)45-39(52)58-41(5,6)7)57-34-22-31(26-14-12-11-13-15-26)44-32-20-28(56-9)16-17-30(32)34/h10-17,20,22,27,29,33,35H,1,18-19,21,23-25H2,2-9H3,(H,45,52)(H,46,49)(H,47,51)/t27?,29-,33+,35-,43-/m1/s1. The number of carbonyl (C=O) groups excluding carboxylic acids is 4. The summed E-state index contributed by atoms with van der Waals surface area (Å²) in [4.78, 5) is 62.5. The average molecular weight is 834 g/mol. The van der Waals surface area contributed by atoms with Crippen LogP contribution < -0.4 is 24.8 Å². The van der Waals surface area contributed by atoms with E-state index in [1.54, 1.807) is 66.9 Å². The van der Waals surface area contributed by atoms with Gasteiger partial charge in [-0.05, 0) is 57.6 Å². The van der Waals surface area contributed by atoms with Crippen LogP contribution in [0, 0.1) is 11.3 Å². The predicted octanol–water partition coefficient (Wildman–Crippen LogP) is 4.88. The van der Waals surface area contributed by atoms with Gasteiger partial charge in [0.2, 0.25) is 21.8 Å². The SMILES string of the molecule is C=CC1C[C@]1(NC(=O)[C@@H]1C[C@@H](Oc2cc(-c3ccccc3)nc3cc(OC)ccc23)CN1C(=O)[C@@H](NC(=O)OC(C)(C)C)C(C)(C)C)C(=O)NS(=O)(=O)C1(COC)CC1. The zero-order valence-corrected chi connectivity index (χ0v) is 35.7. The third-order valence-electron chi connectivity index (χ3n) is 11.0. The summed E-state index contributed by atoms with van der Waals surface area (Å²) in [5.41, 5.74) is -1.27. The summed E-state index contributed by atoms with van der Waals surface area (Å²) in [6.07, 6.45) is 0.676. The second-order valence-electron chi connectivity index (χ2n) is 17.7. The lowest BCUT2D eigenvalue weighted by molar-refractivity contribution is -0.143. The molecule has 3 N–H and O–H groups in total. The van der Waals surface area contributed by atoms with Crippen molar-refractivity contribution in [3.05, 3.63) is 67.3 Å². The van der Waals surface area contributed by atoms with E-state index >= 15 is 0 Å². The fourth-order valence-corrected chi connectivity index (χ4v) is 9.06. The van der Waals surface area contributed by atoms with Gasteiger partial charge in [0, 0.05) is 42.5 Å². The van der Waals surface area contributed by atoms with Gasteiger partial charge in [-0.15, -0.1) is 6.58 Å². The van der Waals surface area contributed by atoms with E-state index in [1.165, 1.54) is 18.1 Å². The Morgan fingerprint density at radius 2 is 1.71 bits per heavy atom. The molecular weight excluding hydrogens is 779 g/mol. The summed E-state index contributed by atoms with van der Waals surface area (Å²) >= 11 is 0. The Balaban J connectivity index is 1.34. The van der Waals surface area contributed by atoms with Crippen molar-refractivity contribution in [3.8, 4) is 22.8 Å². The monoisotopic (exact) mass is 833 g/mol. The molecule has 4 amide bonds. The summed E-state index contributed by atoms with van der Waals surface area (Å²) in [5.74, 6) is -1.70. The summed E-state index contributed by atoms with van der Waals surface area (Å²) in [7, 11) is -1.21. The van der Waals surface area contributed by atoms with Crippen LogP contribution in [0.25, 0.3) is 22.2 Å². The van der Waals surface area contributed by atoms with Crippen LogP contribution in [0.5, 0.6) is 11.5 Å². The summed E-state index contributed by atoms with van der Waals surface area (Å²) in [6.45, 7) is 14.1. The lowest BCUT2D eigenvalue weighted by Gasteiger charge is -2.36. The van der Waals surface area contributed by atoms with Crippen molar-refractivity contribution in [2.24, 2.45) is 11.3 Å². The molecule has 2 heterocycles. The molecule has 16 heteroatoms. The van der Waals surface area contributed by atoms with Crippen LogP contribution in [0.15, 0.2) is 67.3 Å². The quantitative estimate of drug-likeness (QED) is 0.188. The highest BCUT2D eigenvalue weighted by Gasteiger charge is 2.64. The molecule has 6 rings (SSSR count). The molecule has 1 aromatic heterocycles. The van der Waals surface area contributed by atoms with Gasteiger partial charge in [-0.2, -0.15) is 0 Å². The number of pyridine rings is 1. The number of alkyl carbamates (subject to hydrolysis) is 1. The molecule has 2 saturated carbocycles. The molecule has 0 bridgehead atoms. The Morgan fingerprint density at radius 1 is 1.02 bits per heavy atom. The molecule has 318 valence electrons. The highest BCUT2D eigenvalue weighted by molar-refractivity contribution is 7.91. The number of methoxy groups -OCH3 is 2. The van der Waals surface area contributed by atoms with Gasteiger partial charge in [0.25, 0.3) is 5.91 Å². The third-order valence-corrected chi connectivity index (χ3v) is 13.1. The molecular formula is C43H55N5O10S. The van der Waals surface area contributed by atoms with Crippen molar-refractivity contribution in [1.29, 1.82) is 0 Å². The van der Waals surface area contributed by atoms with Crippen molar-refractivity contribution in [1.82, 2.24) is 25.2 Å². The van der Waals surface area contributed by atoms with Gasteiger partial charge in [0.1, 0.15) is 45.6 Å². The molecule has 0 radical (unpaired) electrons. The molecule has 3 aromatic rings. The van der Waals surface area contributed by atoms with E-state index in [-0.39, 0.29) is 26.0 Å². The minimum atomic E-state index is -4.17. The Bertz CT molecular complexity index is 2230. The third kappa shape index (κ3) is 9.18. The van der Waals surface area contributed by atoms with Crippen LogP contribution in [0.2, 0.25) is 0 Å². The lowest BCUT2D eigenvalue weighted by Crippen LogP contribution is -2.60. The van der Waals surface area contributed by atoms with Crippen LogP contribution in [0.4, 0.5) is 4.79 Å². The van der Waals surface area contributed by atoms with Crippen LogP contribution in [0.1, 0.15) is 67.2 Å². The molecule has 2 aliphatic carbocycles. The van der Waals surface area contributed by atoms with Gasteiger partial charge >= 0.3 is 6.09 Å². The summed E-state index contributed by atoms with van der Waals surface area (Å²) in [6, 6.07) is 14.4. The van der Waals surface area contributed by atoms with Gasteiger partial charge in [-0.1, -0.05) is 57.2 Å². The number of ether oxygens (including phenoxy) is 4. The number of nitrogens with zero attached hydrogens (tertiary/aromatic N) is 2. The van der Waals surface area contributed by atoms with Crippen molar-refractivity contribution in [2.45, 2.75) is 101 Å². The summed E-state index contributed by atoms with van der Waals surface area (Å²) < 4.78 is 50.6. The number of sulfonamides is 1. The molecule has 5 atom stereocenters. The first kappa shape index (κ1) is 43.4. The Kier molecular flexibility index (Phi) is 11.8. The molecule has 15 nitrogen and oxygen atoms in total. The minimum Gasteiger partial charge on any atom is -0.497 e. The van der Waals surface area contributed by atoms with E-state index in [2.05, 4.69) is 21.9 Å². The predicted molar refractivity (Wildman–Crippen MR) is 221 cm³/mol. The molecule has 2 aromatic carbocycles. The molecule has 3 fully saturated rings. The Hall–Kier alpha value is -5.22. The van der Waals surface area contributed by atoms with Crippen LogP contribution in [-0.2, 0) is 33.9 Å². The van der Waals surface area contributed by atoms with E-state index in [9.17, 15) is 27.6 Å². The first-order valence-corrected chi connectivity index (χ1v) is 21.2. The number of hydrogen-bond donors (Lipinski definition) is 3. The van der Waals surface area contributed by atoms with E-state index in [0.29, 0.717) is 40.9 Å². The van der Waals surface area contributed by atoms with E-state index in [4.69, 9.17) is 23.9 Å². The largest absolute Gasteiger partial charge is 0.497 e. The zero-order valence-electron chi connectivity index (χ0n) is 34.9. The van der Waals surface area contributed by atoms with Crippen molar-refractivity contribution < 1.29 is 46.5 Å². The molecule has 59 heavy (non-hydrogen) atoms. The van der Waals surface area contributed by atoms with E-state index in [1.807, 2.05) is 36.4 Å². The van der Waals surface area contributed by atoms with Gasteiger partial charge < -0.3 is 34.5 Å². The van der Waals surface area contributed by atoms with Gasteiger partial charge in [0.05, 0.1) is 31.5 Å². The van der Waals surface area contributed by atoms with E-state index < -0.39 is 79.2 Å². The van der Waals surface area contributed by atoms with Crippen molar-refractivity contribution >= 4 is 44.7 Å². The number of fused-ring (bicyclic) bond motifs is 1. The van der Waals surface area contributed by atoms with Crippen molar-refractivity contribution in [2.75, 3.05) is 27.4 Å². The number of carbonyl (C=O) groups is 4. The maximum absolute atomic E-state index is 14.7. The molecule has 3 aliphatic rings. The molecule has 1 aliphatic heterocycles. The van der Waals surface area contributed by atoms with Crippen LogP contribution in [-0.4, -0.2) is 104 Å². The maximum atomic E-state index is 14.7. The van der Waals surface area contributed by atoms with Gasteiger partial charge in [0.15, 0.2) is 0 Å². The Labute approximate surface area is 345 Å². The number of amides is 4. The second kappa shape index (κ2) is 16.1. The van der Waals surface area contributed by atoms with Gasteiger partial charge in [-0.3, -0.25) is 19.1 Å². The normalized spacial score (nSPS) is 22.8. The van der Waals surface area contributed by atoms with Crippen molar-refractivity contribution in [3.63, 3.8) is 0 Å². The number of rotatable bonds is 14. The maximum Gasteiger partial charge on any atom is 0.408 e. The second-order valence-corrected chi connectivity index (χ2v) is 19.8. The lowest BCUT2D eigenvalue weighted by atomic mass is 9.85. The van der Waals surface area contributed by atoms with Crippen LogP contribution in [0.3, 0.4) is 0 Å². The minimum absolute atomic E-state index is 0.00673. The van der Waals surface area contributed by atoms with E-state index in [0.717, 1.165) is 5.56 Å². The van der Waals surface area contributed by atoms with Gasteiger partial charge in [-0.25, -0.2) is 18.2 Å². The first-order valence-electron chi connectivity index (χ1n) is 19.7. The Morgan fingerprint density at radius 3 is 2.29 bits per heavy atom. The number of nitrogens with one attached hydrogen (secondary N) is 3. The highest BCUT2D eigenvalue weighted by Crippen LogP contribution is 2.47. The zero-order chi connectivity index (χ0) is 43.1. The number of aromatic nitrogens is 1. The first-order chi connectivity index (χ1) is 27.7. The number of likely N-dealkylation sites (tertiary alicyclic amines) is 1. The molecule has 1 saturated heterocycles.